The van der Waals surface area contributed by atoms with Gasteiger partial charge in [0.05, 0.1) is 25.0 Å². The first-order chi connectivity index (χ1) is 10.3. The van der Waals surface area contributed by atoms with Gasteiger partial charge in [-0.25, -0.2) is 9.78 Å². The Morgan fingerprint density at radius 1 is 1.48 bits per heavy atom. The highest BCUT2D eigenvalue weighted by Gasteiger charge is 2.30. The van der Waals surface area contributed by atoms with Crippen molar-refractivity contribution < 1.29 is 9.53 Å². The molecule has 0 spiro atoms. The van der Waals surface area contributed by atoms with Crippen LogP contribution in [-0.2, 0) is 0 Å². The van der Waals surface area contributed by atoms with Crippen LogP contribution < -0.4 is 10.1 Å². The van der Waals surface area contributed by atoms with Crippen LogP contribution in [0, 0.1) is 0 Å². The van der Waals surface area contributed by atoms with Crippen molar-refractivity contribution in [2.24, 2.45) is 0 Å². The van der Waals surface area contributed by atoms with Crippen LogP contribution in [0.5, 0.6) is 5.88 Å². The van der Waals surface area contributed by atoms with Crippen LogP contribution in [0.25, 0.3) is 0 Å². The molecule has 1 N–H and O–H groups in total. The molecule has 0 unspecified atom stereocenters. The summed E-state index contributed by atoms with van der Waals surface area (Å²) in [5.74, 6) is 0.533. The molecule has 2 aromatic rings. The highest BCUT2D eigenvalue weighted by Crippen LogP contribution is 2.34. The van der Waals surface area contributed by atoms with Gasteiger partial charge >= 0.3 is 6.03 Å². The van der Waals surface area contributed by atoms with Crippen molar-refractivity contribution in [3.63, 3.8) is 0 Å². The maximum absolute atomic E-state index is 12.4. The second-order valence-electron chi connectivity index (χ2n) is 4.89. The zero-order valence-corrected chi connectivity index (χ0v) is 12.6. The first-order valence-electron chi connectivity index (χ1n) is 6.89. The van der Waals surface area contributed by atoms with Gasteiger partial charge in [-0.2, -0.15) is 0 Å². The summed E-state index contributed by atoms with van der Waals surface area (Å²) in [4.78, 5) is 19.7. The Morgan fingerprint density at radius 3 is 3.05 bits per heavy atom. The third-order valence-electron chi connectivity index (χ3n) is 3.58. The number of aromatic nitrogens is 1. The minimum absolute atomic E-state index is 0.0714. The Hall–Kier alpha value is -2.08. The number of likely N-dealkylation sites (tertiary alicyclic amines) is 1. The average Bonchev–Trinajstić information content (AvgIpc) is 3.18. The summed E-state index contributed by atoms with van der Waals surface area (Å²) < 4.78 is 5.01. The molecule has 1 fully saturated rings. The Morgan fingerprint density at radius 2 is 2.38 bits per heavy atom. The van der Waals surface area contributed by atoms with Gasteiger partial charge in [0.15, 0.2) is 0 Å². The lowest BCUT2D eigenvalue weighted by molar-refractivity contribution is 0.208. The van der Waals surface area contributed by atoms with Crippen LogP contribution in [0.3, 0.4) is 0 Å². The number of ether oxygens (including phenoxy) is 1. The highest BCUT2D eigenvalue weighted by atomic mass is 32.1. The lowest BCUT2D eigenvalue weighted by Crippen LogP contribution is -2.34. The van der Waals surface area contributed by atoms with E-state index in [2.05, 4.69) is 21.7 Å². The minimum atomic E-state index is -0.0714. The van der Waals surface area contributed by atoms with Crippen LogP contribution >= 0.6 is 11.3 Å². The number of urea groups is 1. The molecule has 6 heteroatoms. The SMILES string of the molecule is COc1ccc(NC(=O)N2CCC[C@@H]2c2cccs2)cn1. The molecule has 5 nitrogen and oxygen atoms in total. The zero-order chi connectivity index (χ0) is 14.7. The molecule has 3 heterocycles. The number of rotatable bonds is 3. The fraction of sp³-hybridized carbons (Fsp3) is 0.333. The predicted octanol–water partition coefficient (Wildman–Crippen LogP) is 3.52. The van der Waals surface area contributed by atoms with Gasteiger partial charge in [0.25, 0.3) is 0 Å². The molecule has 0 aliphatic carbocycles. The summed E-state index contributed by atoms with van der Waals surface area (Å²) in [6.07, 6.45) is 3.67. The summed E-state index contributed by atoms with van der Waals surface area (Å²) in [5.41, 5.74) is 0.678. The fourth-order valence-corrected chi connectivity index (χ4v) is 3.43. The second kappa shape index (κ2) is 6.13. The third kappa shape index (κ3) is 3.00. The molecule has 110 valence electrons. The number of nitrogens with one attached hydrogen (secondary N) is 1. The quantitative estimate of drug-likeness (QED) is 0.944. The standard InChI is InChI=1S/C15H17N3O2S/c1-20-14-7-6-11(10-16-14)17-15(19)18-8-2-4-12(18)13-5-3-9-21-13/h3,5-7,9-10,12H,2,4,8H2,1H3,(H,17,19)/t12-/m1/s1. The van der Waals surface area contributed by atoms with E-state index in [1.54, 1.807) is 36.8 Å². The number of nitrogens with zero attached hydrogens (tertiary/aromatic N) is 2. The fourth-order valence-electron chi connectivity index (χ4n) is 2.56. The highest BCUT2D eigenvalue weighted by molar-refractivity contribution is 7.10. The Balaban J connectivity index is 1.69. The van der Waals surface area contributed by atoms with Crippen LogP contribution in [0.1, 0.15) is 23.8 Å². The number of pyridine rings is 1. The third-order valence-corrected chi connectivity index (χ3v) is 4.56. The largest absolute Gasteiger partial charge is 0.481 e. The topological polar surface area (TPSA) is 54.5 Å². The molecule has 1 aliphatic heterocycles. The van der Waals surface area contributed by atoms with Crippen molar-refractivity contribution >= 4 is 23.1 Å². The smallest absolute Gasteiger partial charge is 0.322 e. The van der Waals surface area contributed by atoms with Gasteiger partial charge in [0.1, 0.15) is 0 Å². The maximum Gasteiger partial charge on any atom is 0.322 e. The van der Waals surface area contributed by atoms with Crippen molar-refractivity contribution in [3.05, 3.63) is 40.7 Å². The number of methoxy groups -OCH3 is 1. The molecular formula is C15H17N3O2S. The molecule has 2 amide bonds. The molecular weight excluding hydrogens is 286 g/mol. The molecule has 1 aliphatic rings. The Bertz CT molecular complexity index is 598. The van der Waals surface area contributed by atoms with E-state index >= 15 is 0 Å². The molecule has 0 radical (unpaired) electrons. The molecule has 2 aromatic heterocycles. The van der Waals surface area contributed by atoms with Gasteiger partial charge in [-0.15, -0.1) is 11.3 Å². The van der Waals surface area contributed by atoms with Crippen LogP contribution in [-0.4, -0.2) is 29.6 Å². The van der Waals surface area contributed by atoms with E-state index in [1.165, 1.54) is 4.88 Å². The van der Waals surface area contributed by atoms with E-state index in [1.807, 2.05) is 11.0 Å². The van der Waals surface area contributed by atoms with Crippen molar-refractivity contribution in [1.29, 1.82) is 0 Å². The van der Waals surface area contributed by atoms with Gasteiger partial charge in [0, 0.05) is 17.5 Å². The number of anilines is 1. The minimum Gasteiger partial charge on any atom is -0.481 e. The van der Waals surface area contributed by atoms with Crippen molar-refractivity contribution in [3.8, 4) is 5.88 Å². The Labute approximate surface area is 127 Å². The normalized spacial score (nSPS) is 17.8. The van der Waals surface area contributed by atoms with E-state index < -0.39 is 0 Å². The van der Waals surface area contributed by atoms with Gasteiger partial charge in [0.2, 0.25) is 5.88 Å². The predicted molar refractivity (Wildman–Crippen MR) is 82.8 cm³/mol. The number of carbonyl (C=O) groups excluding carboxylic acids is 1. The molecule has 1 saturated heterocycles. The van der Waals surface area contributed by atoms with E-state index in [9.17, 15) is 4.79 Å². The van der Waals surface area contributed by atoms with E-state index in [0.717, 1.165) is 19.4 Å². The number of hydrogen-bond acceptors (Lipinski definition) is 4. The van der Waals surface area contributed by atoms with E-state index in [4.69, 9.17) is 4.74 Å². The van der Waals surface area contributed by atoms with Gasteiger partial charge in [-0.3, -0.25) is 0 Å². The van der Waals surface area contributed by atoms with Gasteiger partial charge in [-0.05, 0) is 30.4 Å². The second-order valence-corrected chi connectivity index (χ2v) is 5.87. The summed E-state index contributed by atoms with van der Waals surface area (Å²) >= 11 is 1.70. The van der Waals surface area contributed by atoms with Crippen molar-refractivity contribution in [1.82, 2.24) is 9.88 Å². The lowest BCUT2D eigenvalue weighted by Gasteiger charge is -2.24. The van der Waals surface area contributed by atoms with Crippen LogP contribution in [0.2, 0.25) is 0 Å². The first-order valence-corrected chi connectivity index (χ1v) is 7.77. The van der Waals surface area contributed by atoms with E-state index in [0.29, 0.717) is 11.6 Å². The average molecular weight is 303 g/mol. The number of hydrogen-bond donors (Lipinski definition) is 1. The maximum atomic E-state index is 12.4. The summed E-state index contributed by atoms with van der Waals surface area (Å²) in [6, 6.07) is 7.77. The Kier molecular flexibility index (Phi) is 4.06. The van der Waals surface area contributed by atoms with Crippen LogP contribution in [0.4, 0.5) is 10.5 Å². The summed E-state index contributed by atoms with van der Waals surface area (Å²) in [6.45, 7) is 0.790. The van der Waals surface area contributed by atoms with Crippen LogP contribution in [0.15, 0.2) is 35.8 Å². The molecule has 3 rings (SSSR count). The summed E-state index contributed by atoms with van der Waals surface area (Å²) in [7, 11) is 1.57. The van der Waals surface area contributed by atoms with Gasteiger partial charge < -0.3 is 15.0 Å². The van der Waals surface area contributed by atoms with Crippen molar-refractivity contribution in [2.75, 3.05) is 19.0 Å². The molecule has 21 heavy (non-hydrogen) atoms. The van der Waals surface area contributed by atoms with E-state index in [-0.39, 0.29) is 12.1 Å². The monoisotopic (exact) mass is 303 g/mol. The molecule has 0 bridgehead atoms. The first kappa shape index (κ1) is 13.9. The zero-order valence-electron chi connectivity index (χ0n) is 11.8. The number of thiophene rings is 1. The summed E-state index contributed by atoms with van der Waals surface area (Å²) in [5, 5.41) is 4.95. The number of carbonyl (C=O) groups is 1. The molecule has 0 saturated carbocycles. The molecule has 0 aromatic carbocycles. The number of amides is 2. The lowest BCUT2D eigenvalue weighted by atomic mass is 10.2. The van der Waals surface area contributed by atoms with Crippen molar-refractivity contribution in [2.45, 2.75) is 18.9 Å². The molecule has 1 atom stereocenters. The van der Waals surface area contributed by atoms with Gasteiger partial charge in [-0.1, -0.05) is 6.07 Å².